The average molecular weight is 347 g/mol. The summed E-state index contributed by atoms with van der Waals surface area (Å²) in [6.07, 6.45) is 3.65. The van der Waals surface area contributed by atoms with Gasteiger partial charge in [0.1, 0.15) is 22.4 Å². The monoisotopic (exact) mass is 347 g/mol. The topological polar surface area (TPSA) is 68.5 Å². The zero-order valence-electron chi connectivity index (χ0n) is 14.1. The normalized spacial score (nSPS) is 26.6. The fourth-order valence-electron chi connectivity index (χ4n) is 3.58. The molecule has 6 nitrogen and oxygen atoms in total. The number of aryl methyl sites for hydroxylation is 3. The van der Waals surface area contributed by atoms with Crippen LogP contribution in [0.2, 0.25) is 0 Å². The molecule has 2 fully saturated rings. The molecule has 2 saturated heterocycles. The van der Waals surface area contributed by atoms with Crippen molar-refractivity contribution < 1.29 is 14.1 Å². The number of likely N-dealkylation sites (tertiary alicyclic amines) is 1. The third-order valence-electron chi connectivity index (χ3n) is 5.14. The highest BCUT2D eigenvalue weighted by Gasteiger charge is 2.42. The van der Waals surface area contributed by atoms with Crippen LogP contribution in [-0.4, -0.2) is 40.1 Å². The Hall–Kier alpha value is -1.73. The molecule has 0 radical (unpaired) electrons. The van der Waals surface area contributed by atoms with E-state index in [4.69, 9.17) is 9.26 Å². The van der Waals surface area contributed by atoms with E-state index in [1.165, 1.54) is 11.1 Å². The number of piperidine rings is 1. The minimum atomic E-state index is -0.0137. The molecule has 2 aromatic heterocycles. The summed E-state index contributed by atoms with van der Waals surface area (Å²) < 4.78 is 11.3. The highest BCUT2D eigenvalue weighted by molar-refractivity contribution is 7.11. The lowest BCUT2D eigenvalue weighted by atomic mass is 9.91. The van der Waals surface area contributed by atoms with Gasteiger partial charge in [0, 0.05) is 18.0 Å². The number of amides is 1. The third-order valence-corrected chi connectivity index (χ3v) is 6.31. The SMILES string of the molecule is Cc1nc([C@@H]2C[C@H]3CCN(C(=O)c4cnoc4C)C[C@@H]3O2)sc1C. The van der Waals surface area contributed by atoms with Crippen molar-refractivity contribution in [2.45, 2.75) is 45.8 Å². The third kappa shape index (κ3) is 2.65. The van der Waals surface area contributed by atoms with Gasteiger partial charge in [0.05, 0.1) is 18.0 Å². The molecule has 4 rings (SSSR count). The molecule has 3 atom stereocenters. The van der Waals surface area contributed by atoms with Crippen molar-refractivity contribution in [3.8, 4) is 0 Å². The summed E-state index contributed by atoms with van der Waals surface area (Å²) in [5.74, 6) is 1.06. The van der Waals surface area contributed by atoms with Gasteiger partial charge in [-0.1, -0.05) is 5.16 Å². The zero-order chi connectivity index (χ0) is 16.8. The Bertz CT molecular complexity index is 749. The van der Waals surface area contributed by atoms with E-state index in [1.54, 1.807) is 18.3 Å². The van der Waals surface area contributed by atoms with Crippen LogP contribution in [0.15, 0.2) is 10.7 Å². The second kappa shape index (κ2) is 5.97. The molecule has 0 unspecified atom stereocenters. The molecule has 2 aromatic rings. The van der Waals surface area contributed by atoms with Crippen molar-refractivity contribution in [2.24, 2.45) is 5.92 Å². The molecule has 0 saturated carbocycles. The number of fused-ring (bicyclic) bond motifs is 1. The summed E-state index contributed by atoms with van der Waals surface area (Å²) in [6, 6.07) is 0. The summed E-state index contributed by atoms with van der Waals surface area (Å²) in [5.41, 5.74) is 1.64. The molecule has 7 heteroatoms. The molecule has 24 heavy (non-hydrogen) atoms. The highest BCUT2D eigenvalue weighted by atomic mass is 32.1. The van der Waals surface area contributed by atoms with E-state index < -0.39 is 0 Å². The first-order valence-electron chi connectivity index (χ1n) is 8.33. The lowest BCUT2D eigenvalue weighted by Crippen LogP contribution is -2.45. The average Bonchev–Trinajstić information content (AvgIpc) is 3.25. The number of hydrogen-bond donors (Lipinski definition) is 0. The van der Waals surface area contributed by atoms with Crippen molar-refractivity contribution in [1.82, 2.24) is 15.0 Å². The number of thiazole rings is 1. The minimum absolute atomic E-state index is 0.0137. The van der Waals surface area contributed by atoms with Crippen LogP contribution in [0.25, 0.3) is 0 Å². The molecule has 0 spiro atoms. The second-order valence-corrected chi connectivity index (χ2v) is 7.92. The van der Waals surface area contributed by atoms with E-state index in [-0.39, 0.29) is 18.1 Å². The fourth-order valence-corrected chi connectivity index (χ4v) is 4.56. The standard InChI is InChI=1S/C17H21N3O3S/c1-9-11(3)24-16(19-9)14-6-12-4-5-20(8-15(12)22-14)17(21)13-7-18-23-10(13)2/h7,12,14-15H,4-6,8H2,1-3H3/t12-,14+,15+/m1/s1. The maximum atomic E-state index is 12.6. The van der Waals surface area contributed by atoms with Crippen LogP contribution < -0.4 is 0 Å². The number of nitrogens with zero attached hydrogens (tertiary/aromatic N) is 3. The summed E-state index contributed by atoms with van der Waals surface area (Å²) >= 11 is 1.73. The largest absolute Gasteiger partial charge is 0.366 e. The molecule has 0 bridgehead atoms. The van der Waals surface area contributed by atoms with Crippen molar-refractivity contribution in [3.05, 3.63) is 33.1 Å². The Morgan fingerprint density at radius 2 is 2.21 bits per heavy atom. The molecule has 0 aliphatic carbocycles. The van der Waals surface area contributed by atoms with Crippen molar-refractivity contribution in [3.63, 3.8) is 0 Å². The molecule has 2 aliphatic rings. The predicted molar refractivity (Wildman–Crippen MR) is 89.1 cm³/mol. The first kappa shape index (κ1) is 15.8. The Balaban J connectivity index is 1.46. The smallest absolute Gasteiger partial charge is 0.259 e. The molecular formula is C17H21N3O3S. The van der Waals surface area contributed by atoms with E-state index in [0.29, 0.717) is 23.8 Å². The molecule has 4 heterocycles. The quantitative estimate of drug-likeness (QED) is 0.835. The minimum Gasteiger partial charge on any atom is -0.366 e. The molecule has 0 aromatic carbocycles. The van der Waals surface area contributed by atoms with E-state index in [1.807, 2.05) is 11.8 Å². The van der Waals surface area contributed by atoms with Crippen LogP contribution in [0.3, 0.4) is 0 Å². The Labute approximate surface area is 144 Å². The van der Waals surface area contributed by atoms with E-state index in [0.717, 1.165) is 30.1 Å². The molecule has 2 aliphatic heterocycles. The first-order valence-corrected chi connectivity index (χ1v) is 9.14. The van der Waals surface area contributed by atoms with Crippen LogP contribution in [0.4, 0.5) is 0 Å². The van der Waals surface area contributed by atoms with E-state index >= 15 is 0 Å². The van der Waals surface area contributed by atoms with Crippen LogP contribution in [0.5, 0.6) is 0 Å². The van der Waals surface area contributed by atoms with Crippen LogP contribution in [-0.2, 0) is 4.74 Å². The summed E-state index contributed by atoms with van der Waals surface area (Å²) in [7, 11) is 0. The molecular weight excluding hydrogens is 326 g/mol. The highest BCUT2D eigenvalue weighted by Crippen LogP contribution is 2.42. The van der Waals surface area contributed by atoms with Gasteiger partial charge in [0.15, 0.2) is 0 Å². The van der Waals surface area contributed by atoms with Crippen LogP contribution in [0, 0.1) is 26.7 Å². The van der Waals surface area contributed by atoms with Gasteiger partial charge < -0.3 is 14.2 Å². The van der Waals surface area contributed by atoms with Gasteiger partial charge in [-0.2, -0.15) is 0 Å². The zero-order valence-corrected chi connectivity index (χ0v) is 14.9. The summed E-state index contributed by atoms with van der Waals surface area (Å²) in [6.45, 7) is 7.30. The van der Waals surface area contributed by atoms with Gasteiger partial charge in [-0.3, -0.25) is 4.79 Å². The number of carbonyl (C=O) groups excluding carboxylic acids is 1. The fraction of sp³-hybridized carbons (Fsp3) is 0.588. The van der Waals surface area contributed by atoms with Crippen molar-refractivity contribution in [2.75, 3.05) is 13.1 Å². The van der Waals surface area contributed by atoms with Crippen LogP contribution >= 0.6 is 11.3 Å². The molecule has 128 valence electrons. The number of aromatic nitrogens is 2. The van der Waals surface area contributed by atoms with Gasteiger partial charge in [-0.15, -0.1) is 11.3 Å². The number of carbonyl (C=O) groups is 1. The van der Waals surface area contributed by atoms with Gasteiger partial charge in [-0.05, 0) is 39.5 Å². The Kier molecular flexibility index (Phi) is 3.92. The van der Waals surface area contributed by atoms with Gasteiger partial charge in [0.2, 0.25) is 0 Å². The maximum absolute atomic E-state index is 12.6. The molecule has 0 N–H and O–H groups in total. The Morgan fingerprint density at radius 3 is 2.88 bits per heavy atom. The Morgan fingerprint density at radius 1 is 1.38 bits per heavy atom. The van der Waals surface area contributed by atoms with Crippen molar-refractivity contribution >= 4 is 17.2 Å². The van der Waals surface area contributed by atoms with E-state index in [9.17, 15) is 4.79 Å². The maximum Gasteiger partial charge on any atom is 0.259 e. The lowest BCUT2D eigenvalue weighted by Gasteiger charge is -2.33. The van der Waals surface area contributed by atoms with Crippen LogP contribution in [0.1, 0.15) is 50.6 Å². The second-order valence-electron chi connectivity index (χ2n) is 6.69. The molecule has 1 amide bonds. The van der Waals surface area contributed by atoms with Gasteiger partial charge >= 0.3 is 0 Å². The van der Waals surface area contributed by atoms with Gasteiger partial charge in [-0.25, -0.2) is 4.98 Å². The van der Waals surface area contributed by atoms with E-state index in [2.05, 4.69) is 17.1 Å². The van der Waals surface area contributed by atoms with Gasteiger partial charge in [0.25, 0.3) is 5.91 Å². The lowest BCUT2D eigenvalue weighted by molar-refractivity contribution is -0.00455. The number of rotatable bonds is 2. The number of hydrogen-bond acceptors (Lipinski definition) is 6. The van der Waals surface area contributed by atoms with Crippen molar-refractivity contribution in [1.29, 1.82) is 0 Å². The summed E-state index contributed by atoms with van der Waals surface area (Å²) in [4.78, 5) is 20.4. The number of ether oxygens (including phenoxy) is 1. The summed E-state index contributed by atoms with van der Waals surface area (Å²) in [5, 5.41) is 4.78. The predicted octanol–water partition coefficient (Wildman–Crippen LogP) is 3.05. The first-order chi connectivity index (χ1) is 11.5.